The minimum Gasteiger partial charge on any atom is -0.478 e. The van der Waals surface area contributed by atoms with Crippen LogP contribution >= 0.6 is 15.9 Å². The molecule has 0 fully saturated rings. The van der Waals surface area contributed by atoms with Gasteiger partial charge in [0.1, 0.15) is 0 Å². The van der Waals surface area contributed by atoms with Gasteiger partial charge in [-0.1, -0.05) is 0 Å². The molecule has 0 unspecified atom stereocenters. The second-order valence-electron chi connectivity index (χ2n) is 3.17. The Morgan fingerprint density at radius 1 is 1.20 bits per heavy atom. The molecule has 0 atom stereocenters. The Morgan fingerprint density at radius 3 is 2.13 bits per heavy atom. The lowest BCUT2D eigenvalue weighted by atomic mass is 9.99. The molecule has 5 heteroatoms. The molecule has 15 heavy (non-hydrogen) atoms. The van der Waals surface area contributed by atoms with Gasteiger partial charge in [0.25, 0.3) is 0 Å². The van der Waals surface area contributed by atoms with Crippen molar-refractivity contribution in [2.24, 2.45) is 0 Å². The zero-order valence-corrected chi connectivity index (χ0v) is 9.75. The SMILES string of the molecule is Cc1cc(C(=O)O)c(C)c(C(=O)O)c1Br. The van der Waals surface area contributed by atoms with Crippen LogP contribution in [-0.4, -0.2) is 22.2 Å². The number of carboxylic acid groups (broad SMARTS) is 2. The van der Waals surface area contributed by atoms with Crippen molar-refractivity contribution in [3.63, 3.8) is 0 Å². The highest BCUT2D eigenvalue weighted by atomic mass is 79.9. The van der Waals surface area contributed by atoms with E-state index in [4.69, 9.17) is 10.2 Å². The van der Waals surface area contributed by atoms with Crippen LogP contribution in [0.25, 0.3) is 0 Å². The van der Waals surface area contributed by atoms with E-state index in [1.54, 1.807) is 6.92 Å². The highest BCUT2D eigenvalue weighted by molar-refractivity contribution is 9.10. The second kappa shape index (κ2) is 4.02. The summed E-state index contributed by atoms with van der Waals surface area (Å²) in [5, 5.41) is 17.8. The van der Waals surface area contributed by atoms with E-state index >= 15 is 0 Å². The van der Waals surface area contributed by atoms with E-state index in [2.05, 4.69) is 15.9 Å². The van der Waals surface area contributed by atoms with Crippen molar-refractivity contribution in [2.75, 3.05) is 0 Å². The van der Waals surface area contributed by atoms with E-state index in [0.717, 1.165) is 0 Å². The van der Waals surface area contributed by atoms with Gasteiger partial charge in [0.15, 0.2) is 0 Å². The van der Waals surface area contributed by atoms with Crippen LogP contribution in [0.15, 0.2) is 10.5 Å². The predicted molar refractivity (Wildman–Crippen MR) is 57.5 cm³/mol. The summed E-state index contributed by atoms with van der Waals surface area (Å²) in [6.07, 6.45) is 0. The van der Waals surface area contributed by atoms with E-state index < -0.39 is 11.9 Å². The number of hydrogen-bond acceptors (Lipinski definition) is 2. The fourth-order valence-corrected chi connectivity index (χ4v) is 1.94. The van der Waals surface area contributed by atoms with Crippen molar-refractivity contribution in [3.8, 4) is 0 Å². The van der Waals surface area contributed by atoms with Gasteiger partial charge >= 0.3 is 11.9 Å². The van der Waals surface area contributed by atoms with Crippen LogP contribution in [0.3, 0.4) is 0 Å². The fourth-order valence-electron chi connectivity index (χ4n) is 1.36. The molecule has 2 N–H and O–H groups in total. The Kier molecular flexibility index (Phi) is 3.14. The molecule has 1 aromatic rings. The Morgan fingerprint density at radius 2 is 1.73 bits per heavy atom. The zero-order chi connectivity index (χ0) is 11.7. The number of rotatable bonds is 2. The first-order valence-corrected chi connectivity index (χ1v) is 4.91. The summed E-state index contributed by atoms with van der Waals surface area (Å²) in [5.41, 5.74) is 0.878. The molecular formula is C10H9BrO4. The normalized spacial score (nSPS) is 10.1. The lowest BCUT2D eigenvalue weighted by molar-refractivity contribution is 0.0695. The summed E-state index contributed by atoms with van der Waals surface area (Å²) in [6.45, 7) is 3.14. The summed E-state index contributed by atoms with van der Waals surface area (Å²) in [6, 6.07) is 1.45. The minimum atomic E-state index is -1.13. The number of hydrogen-bond donors (Lipinski definition) is 2. The standard InChI is InChI=1S/C10H9BrO4/c1-4-3-6(9(12)13)5(2)7(8(4)11)10(14)15/h3H,1-2H3,(H,12,13)(H,14,15). The van der Waals surface area contributed by atoms with E-state index in [0.29, 0.717) is 10.0 Å². The molecule has 0 spiro atoms. The summed E-state index contributed by atoms with van der Waals surface area (Å²) >= 11 is 3.14. The van der Waals surface area contributed by atoms with Crippen molar-refractivity contribution in [1.29, 1.82) is 0 Å². The number of aromatic carboxylic acids is 2. The summed E-state index contributed by atoms with van der Waals surface area (Å²) in [4.78, 5) is 21.8. The first-order chi connectivity index (χ1) is 6.86. The third-order valence-electron chi connectivity index (χ3n) is 2.15. The number of halogens is 1. The average Bonchev–Trinajstić information content (AvgIpc) is 2.10. The van der Waals surface area contributed by atoms with Crippen LogP contribution in [0.1, 0.15) is 31.8 Å². The van der Waals surface area contributed by atoms with Crippen LogP contribution in [0.4, 0.5) is 0 Å². The van der Waals surface area contributed by atoms with E-state index in [-0.39, 0.29) is 16.7 Å². The highest BCUT2D eigenvalue weighted by Crippen LogP contribution is 2.27. The molecule has 80 valence electrons. The summed E-state index contributed by atoms with van der Waals surface area (Å²) in [7, 11) is 0. The molecule has 1 rings (SSSR count). The van der Waals surface area contributed by atoms with Gasteiger partial charge in [-0.15, -0.1) is 0 Å². The highest BCUT2D eigenvalue weighted by Gasteiger charge is 2.20. The molecule has 4 nitrogen and oxygen atoms in total. The smallest absolute Gasteiger partial charge is 0.337 e. The van der Waals surface area contributed by atoms with Gasteiger partial charge in [0, 0.05) is 4.47 Å². The van der Waals surface area contributed by atoms with Gasteiger partial charge in [0.2, 0.25) is 0 Å². The van der Waals surface area contributed by atoms with Gasteiger partial charge in [-0.3, -0.25) is 0 Å². The molecule has 0 aliphatic heterocycles. The second-order valence-corrected chi connectivity index (χ2v) is 3.96. The van der Waals surface area contributed by atoms with Crippen LogP contribution in [-0.2, 0) is 0 Å². The van der Waals surface area contributed by atoms with Crippen molar-refractivity contribution in [1.82, 2.24) is 0 Å². The Bertz CT molecular complexity index is 451. The maximum Gasteiger partial charge on any atom is 0.337 e. The first-order valence-electron chi connectivity index (χ1n) is 4.12. The molecule has 0 radical (unpaired) electrons. The number of carbonyl (C=O) groups is 2. The minimum absolute atomic E-state index is 0.00685. The first kappa shape index (κ1) is 11.7. The van der Waals surface area contributed by atoms with Crippen molar-refractivity contribution in [2.45, 2.75) is 13.8 Å². The van der Waals surface area contributed by atoms with Crippen LogP contribution in [0.2, 0.25) is 0 Å². The van der Waals surface area contributed by atoms with E-state index in [9.17, 15) is 9.59 Å². The number of benzene rings is 1. The Balaban J connectivity index is 3.63. The Labute approximate surface area is 94.7 Å². The third-order valence-corrected chi connectivity index (χ3v) is 3.17. The van der Waals surface area contributed by atoms with Crippen molar-refractivity contribution in [3.05, 3.63) is 32.8 Å². The quantitative estimate of drug-likeness (QED) is 0.867. The molecule has 0 aliphatic rings. The summed E-state index contributed by atoms with van der Waals surface area (Å²) in [5.74, 6) is -2.25. The largest absolute Gasteiger partial charge is 0.478 e. The predicted octanol–water partition coefficient (Wildman–Crippen LogP) is 2.46. The van der Waals surface area contributed by atoms with Crippen molar-refractivity contribution >= 4 is 27.9 Å². The Hall–Kier alpha value is -1.36. The molecule has 0 bridgehead atoms. The molecule has 0 heterocycles. The summed E-state index contributed by atoms with van der Waals surface area (Å²) < 4.78 is 0.428. The maximum absolute atomic E-state index is 10.9. The van der Waals surface area contributed by atoms with Crippen molar-refractivity contribution < 1.29 is 19.8 Å². The third kappa shape index (κ3) is 2.02. The molecule has 0 aliphatic carbocycles. The molecule has 0 saturated heterocycles. The van der Waals surface area contributed by atoms with Crippen LogP contribution < -0.4 is 0 Å². The molecule has 0 aromatic heterocycles. The van der Waals surface area contributed by atoms with Gasteiger partial charge < -0.3 is 10.2 Å². The van der Waals surface area contributed by atoms with Gasteiger partial charge in [0.05, 0.1) is 11.1 Å². The lowest BCUT2D eigenvalue weighted by Crippen LogP contribution is -2.09. The monoisotopic (exact) mass is 272 g/mol. The topological polar surface area (TPSA) is 74.6 Å². The molecule has 0 amide bonds. The van der Waals surface area contributed by atoms with E-state index in [1.165, 1.54) is 13.0 Å². The zero-order valence-electron chi connectivity index (χ0n) is 8.17. The number of carboxylic acids is 2. The van der Waals surface area contributed by atoms with E-state index in [1.807, 2.05) is 0 Å². The fraction of sp³-hybridized carbons (Fsp3) is 0.200. The van der Waals surface area contributed by atoms with Gasteiger partial charge in [-0.25, -0.2) is 9.59 Å². The molecular weight excluding hydrogens is 264 g/mol. The maximum atomic E-state index is 10.9. The van der Waals surface area contributed by atoms with Crippen LogP contribution in [0, 0.1) is 13.8 Å². The van der Waals surface area contributed by atoms with Crippen LogP contribution in [0.5, 0.6) is 0 Å². The molecule has 1 aromatic carbocycles. The lowest BCUT2D eigenvalue weighted by Gasteiger charge is -2.10. The van der Waals surface area contributed by atoms with Gasteiger partial charge in [-0.05, 0) is 47.0 Å². The number of aryl methyl sites for hydroxylation is 1. The molecule has 0 saturated carbocycles. The van der Waals surface area contributed by atoms with Gasteiger partial charge in [-0.2, -0.15) is 0 Å². The average molecular weight is 273 g/mol.